The number of rotatable bonds is 3. The average Bonchev–Trinajstić information content (AvgIpc) is 2.91. The summed E-state index contributed by atoms with van der Waals surface area (Å²) in [5.41, 5.74) is 6.07. The smallest absolute Gasteiger partial charge is 0.265 e. The molecule has 1 aliphatic rings. The third-order valence-corrected chi connectivity index (χ3v) is 6.10. The first-order valence-electron chi connectivity index (χ1n) is 6.71. The van der Waals surface area contributed by atoms with Crippen molar-refractivity contribution in [2.45, 2.75) is 18.2 Å². The van der Waals surface area contributed by atoms with Gasteiger partial charge in [0, 0.05) is 33.4 Å². The maximum Gasteiger partial charge on any atom is 0.265 e. The summed E-state index contributed by atoms with van der Waals surface area (Å²) in [6.45, 7) is 3.71. The van der Waals surface area contributed by atoms with Crippen molar-refractivity contribution in [2.24, 2.45) is 5.92 Å². The SMILES string of the molecule is CC1CCN(c2sc(C(=O)N(C)C)c(N)c2S(C)(=O)=O)C1. The monoisotopic (exact) mass is 331 g/mol. The fraction of sp³-hybridized carbons (Fsp3) is 0.615. The molecule has 1 aromatic rings. The molecule has 1 unspecified atom stereocenters. The Morgan fingerprint density at radius 3 is 2.48 bits per heavy atom. The van der Waals surface area contributed by atoms with Crippen LogP contribution >= 0.6 is 11.3 Å². The van der Waals surface area contributed by atoms with Gasteiger partial charge in [-0.1, -0.05) is 6.92 Å². The molecule has 1 saturated heterocycles. The Labute approximate surface area is 129 Å². The van der Waals surface area contributed by atoms with Gasteiger partial charge in [0.1, 0.15) is 14.8 Å². The molecule has 0 saturated carbocycles. The Balaban J connectivity index is 2.58. The highest BCUT2D eigenvalue weighted by atomic mass is 32.2. The van der Waals surface area contributed by atoms with Crippen molar-refractivity contribution in [2.75, 3.05) is 44.1 Å². The van der Waals surface area contributed by atoms with E-state index < -0.39 is 9.84 Å². The number of sulfone groups is 1. The maximum atomic E-state index is 12.2. The van der Waals surface area contributed by atoms with Crippen molar-refractivity contribution < 1.29 is 13.2 Å². The van der Waals surface area contributed by atoms with E-state index in [1.54, 1.807) is 14.1 Å². The number of nitrogens with zero attached hydrogens (tertiary/aromatic N) is 2. The lowest BCUT2D eigenvalue weighted by Gasteiger charge is -2.17. The van der Waals surface area contributed by atoms with Gasteiger partial charge in [0.05, 0.1) is 5.69 Å². The van der Waals surface area contributed by atoms with Crippen LogP contribution < -0.4 is 10.6 Å². The molecule has 2 heterocycles. The number of anilines is 2. The van der Waals surface area contributed by atoms with Crippen molar-refractivity contribution in [1.82, 2.24) is 4.90 Å². The molecule has 1 aromatic heterocycles. The summed E-state index contributed by atoms with van der Waals surface area (Å²) in [4.78, 5) is 16.0. The van der Waals surface area contributed by atoms with Crippen LogP contribution in [-0.2, 0) is 9.84 Å². The predicted molar refractivity (Wildman–Crippen MR) is 85.9 cm³/mol. The van der Waals surface area contributed by atoms with Crippen LogP contribution in [-0.4, -0.2) is 52.7 Å². The van der Waals surface area contributed by atoms with Crippen LogP contribution in [0.25, 0.3) is 0 Å². The van der Waals surface area contributed by atoms with Crippen LogP contribution in [0.5, 0.6) is 0 Å². The van der Waals surface area contributed by atoms with Crippen LogP contribution in [0.4, 0.5) is 10.7 Å². The second kappa shape index (κ2) is 5.49. The summed E-state index contributed by atoms with van der Waals surface area (Å²) >= 11 is 1.18. The molecule has 0 spiro atoms. The standard InChI is InChI=1S/C13H21N3O3S2/c1-8-5-6-16(7-8)13-11(21(4,18)19)9(14)10(20-13)12(17)15(2)3/h8H,5-7,14H2,1-4H3. The van der Waals surface area contributed by atoms with Crippen molar-refractivity contribution in [3.8, 4) is 0 Å². The van der Waals surface area contributed by atoms with Gasteiger partial charge in [-0.3, -0.25) is 4.79 Å². The molecule has 1 aliphatic heterocycles. The predicted octanol–water partition coefficient (Wildman–Crippen LogP) is 1.28. The number of nitrogens with two attached hydrogens (primary N) is 1. The Kier molecular flexibility index (Phi) is 4.21. The molecule has 2 N–H and O–H groups in total. The van der Waals surface area contributed by atoms with E-state index in [-0.39, 0.29) is 16.5 Å². The zero-order valence-corrected chi connectivity index (χ0v) is 14.3. The minimum Gasteiger partial charge on any atom is -0.396 e. The van der Waals surface area contributed by atoms with Crippen molar-refractivity contribution in [3.05, 3.63) is 4.88 Å². The third kappa shape index (κ3) is 3.01. The maximum absolute atomic E-state index is 12.2. The topological polar surface area (TPSA) is 83.7 Å². The lowest BCUT2D eigenvalue weighted by atomic mass is 10.2. The van der Waals surface area contributed by atoms with Gasteiger partial charge in [-0.15, -0.1) is 11.3 Å². The number of nitrogen functional groups attached to an aromatic ring is 1. The van der Waals surface area contributed by atoms with Crippen molar-refractivity contribution in [1.29, 1.82) is 0 Å². The minimum absolute atomic E-state index is 0.0794. The van der Waals surface area contributed by atoms with Gasteiger partial charge >= 0.3 is 0 Å². The molecule has 0 radical (unpaired) electrons. The Morgan fingerprint density at radius 1 is 1.43 bits per heavy atom. The summed E-state index contributed by atoms with van der Waals surface area (Å²) in [7, 11) is -0.236. The second-order valence-corrected chi connectivity index (χ2v) is 8.74. The van der Waals surface area contributed by atoms with E-state index >= 15 is 0 Å². The summed E-state index contributed by atoms with van der Waals surface area (Å²) in [5, 5.41) is 0.601. The zero-order valence-electron chi connectivity index (χ0n) is 12.7. The fourth-order valence-electron chi connectivity index (χ4n) is 2.46. The van der Waals surface area contributed by atoms with Crippen LogP contribution in [0, 0.1) is 5.92 Å². The van der Waals surface area contributed by atoms with E-state index in [4.69, 9.17) is 5.73 Å². The van der Waals surface area contributed by atoms with E-state index in [1.165, 1.54) is 16.2 Å². The summed E-state index contributed by atoms with van der Waals surface area (Å²) in [6, 6.07) is 0. The number of carbonyl (C=O) groups excluding carboxylic acids is 1. The molecule has 1 fully saturated rings. The molecule has 2 rings (SSSR count). The second-order valence-electron chi connectivity index (χ2n) is 5.79. The van der Waals surface area contributed by atoms with E-state index in [0.29, 0.717) is 15.8 Å². The normalized spacial score (nSPS) is 19.0. The van der Waals surface area contributed by atoms with Gasteiger partial charge < -0.3 is 15.5 Å². The number of hydrogen-bond acceptors (Lipinski definition) is 6. The molecule has 1 amide bonds. The highest BCUT2D eigenvalue weighted by molar-refractivity contribution is 7.91. The first-order valence-corrected chi connectivity index (χ1v) is 9.42. The molecular formula is C13H21N3O3S2. The summed E-state index contributed by atoms with van der Waals surface area (Å²) in [5.74, 6) is 0.245. The number of hydrogen-bond donors (Lipinski definition) is 1. The van der Waals surface area contributed by atoms with Crippen LogP contribution in [0.1, 0.15) is 23.0 Å². The van der Waals surface area contributed by atoms with Gasteiger partial charge in [0.25, 0.3) is 5.91 Å². The first-order chi connectivity index (χ1) is 9.62. The van der Waals surface area contributed by atoms with Crippen molar-refractivity contribution in [3.63, 3.8) is 0 Å². The number of amides is 1. The number of carbonyl (C=O) groups is 1. The van der Waals surface area contributed by atoms with Gasteiger partial charge in [0.2, 0.25) is 0 Å². The van der Waals surface area contributed by atoms with Crippen LogP contribution in [0.15, 0.2) is 4.90 Å². The van der Waals surface area contributed by atoms with E-state index in [0.717, 1.165) is 25.8 Å². The lowest BCUT2D eigenvalue weighted by Crippen LogP contribution is -2.21. The Hall–Kier alpha value is -1.28. The zero-order chi connectivity index (χ0) is 15.9. The molecule has 118 valence electrons. The van der Waals surface area contributed by atoms with E-state index in [1.807, 2.05) is 4.90 Å². The minimum atomic E-state index is -3.48. The average molecular weight is 331 g/mol. The quantitative estimate of drug-likeness (QED) is 0.902. The molecule has 0 bridgehead atoms. The molecular weight excluding hydrogens is 310 g/mol. The molecule has 21 heavy (non-hydrogen) atoms. The largest absolute Gasteiger partial charge is 0.396 e. The molecule has 0 aliphatic carbocycles. The van der Waals surface area contributed by atoms with Crippen molar-refractivity contribution >= 4 is 37.8 Å². The fourth-order valence-corrected chi connectivity index (χ4v) is 5.23. The highest BCUT2D eigenvalue weighted by Crippen LogP contribution is 2.43. The summed E-state index contributed by atoms with van der Waals surface area (Å²) in [6.07, 6.45) is 2.15. The van der Waals surface area contributed by atoms with Gasteiger partial charge in [0.15, 0.2) is 9.84 Å². The molecule has 6 nitrogen and oxygen atoms in total. The van der Waals surface area contributed by atoms with Crippen LogP contribution in [0.3, 0.4) is 0 Å². The Bertz CT molecular complexity index is 664. The van der Waals surface area contributed by atoms with Crippen LogP contribution in [0.2, 0.25) is 0 Å². The molecule has 8 heteroatoms. The summed E-state index contributed by atoms with van der Waals surface area (Å²) < 4.78 is 24.2. The van der Waals surface area contributed by atoms with Gasteiger partial charge in [-0.2, -0.15) is 0 Å². The van der Waals surface area contributed by atoms with E-state index in [2.05, 4.69) is 6.92 Å². The molecule has 0 aromatic carbocycles. The van der Waals surface area contributed by atoms with E-state index in [9.17, 15) is 13.2 Å². The van der Waals surface area contributed by atoms with Gasteiger partial charge in [-0.05, 0) is 12.3 Å². The Morgan fingerprint density at radius 2 is 2.05 bits per heavy atom. The molecule has 1 atom stereocenters. The number of thiophene rings is 1. The first kappa shape index (κ1) is 16.1. The van der Waals surface area contributed by atoms with Gasteiger partial charge in [-0.25, -0.2) is 8.42 Å². The highest BCUT2D eigenvalue weighted by Gasteiger charge is 2.32. The third-order valence-electron chi connectivity index (χ3n) is 3.56. The lowest BCUT2D eigenvalue weighted by molar-refractivity contribution is 0.0833.